The Morgan fingerprint density at radius 2 is 1.88 bits per heavy atom. The van der Waals surface area contributed by atoms with Crippen LogP contribution >= 0.6 is 0 Å². The highest BCUT2D eigenvalue weighted by atomic mass is 19.1. The highest BCUT2D eigenvalue weighted by Crippen LogP contribution is 2.30. The minimum Gasteiger partial charge on any atom is -0.485 e. The average Bonchev–Trinajstić information content (AvgIpc) is 3.23. The second-order valence-electron chi connectivity index (χ2n) is 7.96. The number of halogens is 2. The van der Waals surface area contributed by atoms with Gasteiger partial charge in [-0.15, -0.1) is 0 Å². The monoisotopic (exact) mass is 443 g/mol. The molecule has 9 heteroatoms. The first-order valence-corrected chi connectivity index (χ1v) is 10.4. The molecular weight excluding hydrogens is 420 g/mol. The molecule has 2 heterocycles. The van der Waals surface area contributed by atoms with Gasteiger partial charge in [0.1, 0.15) is 0 Å². The fourth-order valence-corrected chi connectivity index (χ4v) is 3.41. The molecule has 7 nitrogen and oxygen atoms in total. The Bertz CT molecular complexity index is 1090. The van der Waals surface area contributed by atoms with Crippen molar-refractivity contribution < 1.29 is 27.9 Å². The third kappa shape index (κ3) is 4.62. The number of likely N-dealkylation sites (tertiary alicyclic amines) is 1. The van der Waals surface area contributed by atoms with E-state index in [1.807, 2.05) is 31.2 Å². The molecule has 3 aromatic rings. The van der Waals surface area contributed by atoms with E-state index in [-0.39, 0.29) is 23.5 Å². The molecule has 1 aromatic heterocycles. The van der Waals surface area contributed by atoms with Crippen molar-refractivity contribution in [2.24, 2.45) is 5.92 Å². The highest BCUT2D eigenvalue weighted by molar-refractivity contribution is 5.71. The highest BCUT2D eigenvalue weighted by Gasteiger charge is 2.32. The molecule has 0 radical (unpaired) electrons. The fraction of sp³-hybridized carbons (Fsp3) is 0.348. The van der Waals surface area contributed by atoms with Gasteiger partial charge in [-0.1, -0.05) is 36.3 Å². The summed E-state index contributed by atoms with van der Waals surface area (Å²) in [5, 5.41) is 12.9. The van der Waals surface area contributed by atoms with Gasteiger partial charge < -0.3 is 14.4 Å². The summed E-state index contributed by atoms with van der Waals surface area (Å²) in [4.78, 5) is 17.2. The molecule has 1 fully saturated rings. The number of carbonyl (C=O) groups is 1. The van der Waals surface area contributed by atoms with E-state index in [0.717, 1.165) is 17.7 Å². The van der Waals surface area contributed by atoms with Gasteiger partial charge in [0.05, 0.1) is 12.0 Å². The number of ether oxygens (including phenoxy) is 1. The maximum Gasteiger partial charge on any atom is 0.309 e. The van der Waals surface area contributed by atoms with Crippen LogP contribution in [0.2, 0.25) is 0 Å². The lowest BCUT2D eigenvalue weighted by atomic mass is 9.99. The lowest BCUT2D eigenvalue weighted by Crippen LogP contribution is -2.49. The Morgan fingerprint density at radius 1 is 1.22 bits per heavy atom. The molecule has 168 valence electrons. The van der Waals surface area contributed by atoms with Gasteiger partial charge in [-0.3, -0.25) is 9.69 Å². The van der Waals surface area contributed by atoms with Crippen molar-refractivity contribution in [1.82, 2.24) is 15.0 Å². The smallest absolute Gasteiger partial charge is 0.309 e. The molecule has 4 rings (SSSR count). The summed E-state index contributed by atoms with van der Waals surface area (Å²) in [6, 6.07) is 9.67. The van der Waals surface area contributed by atoms with E-state index in [2.05, 4.69) is 15.0 Å². The second kappa shape index (κ2) is 9.04. The van der Waals surface area contributed by atoms with Crippen LogP contribution in [0, 0.1) is 17.6 Å². The molecule has 32 heavy (non-hydrogen) atoms. The molecule has 1 N–H and O–H groups in total. The predicted octanol–water partition coefficient (Wildman–Crippen LogP) is 4.38. The lowest BCUT2D eigenvalue weighted by molar-refractivity contribution is -0.147. The van der Waals surface area contributed by atoms with Gasteiger partial charge in [-0.2, -0.15) is 4.98 Å². The van der Waals surface area contributed by atoms with E-state index in [1.54, 1.807) is 6.92 Å². The number of aromatic nitrogens is 2. The van der Waals surface area contributed by atoms with Gasteiger partial charge in [0, 0.05) is 30.8 Å². The number of aliphatic carboxylic acids is 1. The summed E-state index contributed by atoms with van der Waals surface area (Å²) in [5.41, 5.74) is 1.84. The van der Waals surface area contributed by atoms with E-state index in [4.69, 9.17) is 14.4 Å². The van der Waals surface area contributed by atoms with E-state index < -0.39 is 23.4 Å². The number of nitrogens with zero attached hydrogens (tertiary/aromatic N) is 3. The summed E-state index contributed by atoms with van der Waals surface area (Å²) in [5.74, 6) is -2.85. The number of carboxylic acids is 1. The number of hydrogen-bond acceptors (Lipinski definition) is 6. The van der Waals surface area contributed by atoms with Crippen LogP contribution in [0.1, 0.15) is 25.8 Å². The Balaban J connectivity index is 1.45. The van der Waals surface area contributed by atoms with E-state index in [9.17, 15) is 13.6 Å². The van der Waals surface area contributed by atoms with Crippen molar-refractivity contribution in [2.45, 2.75) is 32.9 Å². The third-order valence-electron chi connectivity index (χ3n) is 5.49. The van der Waals surface area contributed by atoms with Crippen LogP contribution in [-0.4, -0.2) is 45.3 Å². The van der Waals surface area contributed by atoms with Crippen molar-refractivity contribution >= 4 is 5.97 Å². The first kappa shape index (κ1) is 21.9. The van der Waals surface area contributed by atoms with Crippen LogP contribution in [0.3, 0.4) is 0 Å². The topological polar surface area (TPSA) is 88.7 Å². The van der Waals surface area contributed by atoms with Gasteiger partial charge >= 0.3 is 5.97 Å². The minimum absolute atomic E-state index is 0.00254. The lowest BCUT2D eigenvalue weighted by Gasteiger charge is -2.36. The summed E-state index contributed by atoms with van der Waals surface area (Å²) in [6.07, 6.45) is 0.301. The Morgan fingerprint density at radius 3 is 2.47 bits per heavy atom. The predicted molar refractivity (Wildman–Crippen MR) is 112 cm³/mol. The Labute approximate surface area is 183 Å². The first-order valence-electron chi connectivity index (χ1n) is 10.4. The van der Waals surface area contributed by atoms with Crippen molar-refractivity contribution in [2.75, 3.05) is 13.1 Å². The zero-order valence-corrected chi connectivity index (χ0v) is 17.7. The van der Waals surface area contributed by atoms with Crippen molar-refractivity contribution in [3.63, 3.8) is 0 Å². The fourth-order valence-electron chi connectivity index (χ4n) is 3.41. The normalized spacial score (nSPS) is 15.4. The molecule has 0 saturated carbocycles. The molecule has 0 unspecified atom stereocenters. The number of rotatable bonds is 8. The van der Waals surface area contributed by atoms with Gasteiger partial charge in [-0.05, 0) is 31.0 Å². The Kier molecular flexibility index (Phi) is 6.18. The van der Waals surface area contributed by atoms with Gasteiger partial charge in [0.25, 0.3) is 5.89 Å². The molecule has 1 aliphatic heterocycles. The Hall–Kier alpha value is -3.33. The minimum atomic E-state index is -0.833. The van der Waals surface area contributed by atoms with Crippen molar-refractivity contribution in [3.05, 3.63) is 53.6 Å². The van der Waals surface area contributed by atoms with Crippen molar-refractivity contribution in [1.29, 1.82) is 0 Å². The SMILES string of the molecule is CC[C@@H](C)Oc1c(F)cc(-c2nc(-c3ccc(CN4CC(C(=O)O)C4)cc3)no2)cc1F. The van der Waals surface area contributed by atoms with Crippen LogP contribution in [0.15, 0.2) is 40.9 Å². The number of carboxylic acid groups (broad SMARTS) is 1. The quantitative estimate of drug-likeness (QED) is 0.553. The maximum absolute atomic E-state index is 14.4. The van der Waals surface area contributed by atoms with E-state index in [0.29, 0.717) is 37.4 Å². The van der Waals surface area contributed by atoms with E-state index >= 15 is 0 Å². The van der Waals surface area contributed by atoms with Crippen LogP contribution in [0.5, 0.6) is 5.75 Å². The average molecular weight is 443 g/mol. The molecule has 0 spiro atoms. The molecule has 1 saturated heterocycles. The molecule has 0 aliphatic carbocycles. The van der Waals surface area contributed by atoms with Gasteiger partial charge in [-0.25, -0.2) is 8.78 Å². The molecule has 0 amide bonds. The zero-order chi connectivity index (χ0) is 22.8. The first-order chi connectivity index (χ1) is 15.3. The second-order valence-corrected chi connectivity index (χ2v) is 7.96. The zero-order valence-electron chi connectivity index (χ0n) is 17.7. The third-order valence-corrected chi connectivity index (χ3v) is 5.49. The number of benzene rings is 2. The molecule has 2 aromatic carbocycles. The number of hydrogen-bond donors (Lipinski definition) is 1. The standard InChI is InChI=1S/C23H23F2N3O4/c1-3-13(2)31-20-18(24)8-16(9-19(20)25)22-26-21(27-32-22)15-6-4-14(5-7-15)10-28-11-17(12-28)23(29)30/h4-9,13,17H,3,10-12H2,1-2H3,(H,29,30)/t13-/m1/s1. The van der Waals surface area contributed by atoms with Crippen LogP contribution in [0.25, 0.3) is 22.8 Å². The molecule has 1 atom stereocenters. The van der Waals surface area contributed by atoms with Gasteiger partial charge in [0.15, 0.2) is 17.4 Å². The summed E-state index contributed by atoms with van der Waals surface area (Å²) in [7, 11) is 0. The molecule has 0 bridgehead atoms. The van der Waals surface area contributed by atoms with Crippen molar-refractivity contribution in [3.8, 4) is 28.6 Å². The van der Waals surface area contributed by atoms with Crippen LogP contribution < -0.4 is 4.74 Å². The summed E-state index contributed by atoms with van der Waals surface area (Å²) in [6.45, 7) is 5.34. The van der Waals surface area contributed by atoms with Gasteiger partial charge in [0.2, 0.25) is 5.82 Å². The summed E-state index contributed by atoms with van der Waals surface area (Å²) < 4.78 is 39.3. The maximum atomic E-state index is 14.4. The molecular formula is C23H23F2N3O4. The van der Waals surface area contributed by atoms with Crippen LogP contribution in [-0.2, 0) is 11.3 Å². The summed E-state index contributed by atoms with van der Waals surface area (Å²) >= 11 is 0. The largest absolute Gasteiger partial charge is 0.485 e. The molecule has 1 aliphatic rings. The van der Waals surface area contributed by atoms with Crippen LogP contribution in [0.4, 0.5) is 8.78 Å². The van der Waals surface area contributed by atoms with E-state index in [1.165, 1.54) is 0 Å².